The number of nitrogens with one attached hydrogen (secondary N) is 3. The third kappa shape index (κ3) is 6.13. The molecule has 3 rings (SSSR count). The van der Waals surface area contributed by atoms with Crippen LogP contribution in [0.1, 0.15) is 20.3 Å². The van der Waals surface area contributed by atoms with Crippen LogP contribution in [-0.4, -0.2) is 25.5 Å². The molecule has 1 aromatic carbocycles. The van der Waals surface area contributed by atoms with Crippen molar-refractivity contribution in [3.63, 3.8) is 0 Å². The zero-order chi connectivity index (χ0) is 20.6. The molecule has 4 N–H and O–H groups in total. The minimum absolute atomic E-state index is 0.225. The molecule has 0 spiro atoms. The molecule has 0 amide bonds. The molecule has 29 heavy (non-hydrogen) atoms. The maximum Gasteiger partial charge on any atom is 0.225 e. The van der Waals surface area contributed by atoms with Crippen molar-refractivity contribution in [1.29, 1.82) is 0 Å². The zero-order valence-corrected chi connectivity index (χ0v) is 16.8. The topological polar surface area (TPSA) is 124 Å². The predicted molar refractivity (Wildman–Crippen MR) is 115 cm³/mol. The lowest BCUT2D eigenvalue weighted by molar-refractivity contribution is 0.529. The van der Waals surface area contributed by atoms with Gasteiger partial charge in [-0.2, -0.15) is 4.98 Å². The van der Waals surface area contributed by atoms with Gasteiger partial charge in [0, 0.05) is 24.0 Å². The van der Waals surface area contributed by atoms with Crippen molar-refractivity contribution in [3.05, 3.63) is 54.7 Å². The van der Waals surface area contributed by atoms with Crippen LogP contribution in [0.2, 0.25) is 0 Å². The number of anilines is 3. The minimum Gasteiger partial charge on any atom is -0.454 e. The number of aromatic nitrogens is 3. The summed E-state index contributed by atoms with van der Waals surface area (Å²) in [4.78, 5) is 13.4. The normalized spacial score (nSPS) is 12.9. The molecular formula is C19H22N7O2S-. The molecule has 2 heterocycles. The standard InChI is InChI=1S/C19H22N7O2S/c1-3-13(2)21-19-22-17(16-6-4-5-11-20-16)12-18(23-19)25-24-14-7-9-15(10-8-14)26-29(27)28/h4-13,24H,3H2,1-2H3,(H,26,27,28)(H2,21,22,23,25)/q-1/t13-/m1/s1. The summed E-state index contributed by atoms with van der Waals surface area (Å²) < 4.78 is 23.1. The number of hydrogen-bond donors (Lipinski definition) is 4. The molecule has 0 aliphatic rings. The van der Waals surface area contributed by atoms with Crippen LogP contribution in [0.4, 0.5) is 23.1 Å². The first kappa shape index (κ1) is 20.5. The molecule has 3 aromatic rings. The Balaban J connectivity index is 1.81. The van der Waals surface area contributed by atoms with Gasteiger partial charge in [0.15, 0.2) is 5.82 Å². The Labute approximate surface area is 171 Å². The summed E-state index contributed by atoms with van der Waals surface area (Å²) in [6.45, 7) is 4.15. The lowest BCUT2D eigenvalue weighted by atomic mass is 10.2. The van der Waals surface area contributed by atoms with Gasteiger partial charge in [0.2, 0.25) is 5.95 Å². The molecule has 0 unspecified atom stereocenters. The molecule has 9 nitrogen and oxygen atoms in total. The van der Waals surface area contributed by atoms with Crippen LogP contribution in [-0.2, 0) is 15.1 Å². The highest BCUT2D eigenvalue weighted by Crippen LogP contribution is 2.21. The van der Waals surface area contributed by atoms with E-state index in [4.69, 9.17) is 4.55 Å². The van der Waals surface area contributed by atoms with Crippen molar-refractivity contribution < 1.29 is 8.76 Å². The molecule has 0 fully saturated rings. The minimum atomic E-state index is -2.23. The molecule has 0 aliphatic carbocycles. The molecule has 1 atom stereocenters. The smallest absolute Gasteiger partial charge is 0.225 e. The van der Waals surface area contributed by atoms with Gasteiger partial charge in [0.05, 0.1) is 17.1 Å². The van der Waals surface area contributed by atoms with Crippen LogP contribution in [0.5, 0.6) is 0 Å². The maximum absolute atomic E-state index is 10.7. The van der Waals surface area contributed by atoms with Crippen molar-refractivity contribution in [1.82, 2.24) is 15.0 Å². The van der Waals surface area contributed by atoms with E-state index >= 15 is 0 Å². The third-order valence-corrected chi connectivity index (χ3v) is 4.39. The van der Waals surface area contributed by atoms with Crippen molar-refractivity contribution in [3.8, 4) is 11.4 Å². The monoisotopic (exact) mass is 412 g/mol. The summed E-state index contributed by atoms with van der Waals surface area (Å²) in [5, 5.41) is 3.28. The van der Waals surface area contributed by atoms with Gasteiger partial charge < -0.3 is 18.4 Å². The van der Waals surface area contributed by atoms with E-state index in [-0.39, 0.29) is 6.04 Å². The van der Waals surface area contributed by atoms with Crippen molar-refractivity contribution in [2.45, 2.75) is 26.3 Å². The number of hydrazine groups is 1. The Morgan fingerprint density at radius 3 is 2.55 bits per heavy atom. The fourth-order valence-electron chi connectivity index (χ4n) is 2.38. The number of benzene rings is 1. The lowest BCUT2D eigenvalue weighted by Crippen LogP contribution is -2.17. The van der Waals surface area contributed by atoms with Gasteiger partial charge >= 0.3 is 0 Å². The van der Waals surface area contributed by atoms with Crippen LogP contribution in [0.25, 0.3) is 11.4 Å². The van der Waals surface area contributed by atoms with Crippen LogP contribution >= 0.6 is 0 Å². The molecule has 0 saturated carbocycles. The molecule has 2 aromatic heterocycles. The van der Waals surface area contributed by atoms with Crippen LogP contribution in [0.3, 0.4) is 0 Å². The second-order valence-electron chi connectivity index (χ2n) is 6.25. The first-order valence-corrected chi connectivity index (χ1v) is 10.1. The molecule has 10 heteroatoms. The first-order chi connectivity index (χ1) is 14.0. The molecule has 0 saturated heterocycles. The van der Waals surface area contributed by atoms with Gasteiger partial charge in [-0.05, 0) is 49.7 Å². The van der Waals surface area contributed by atoms with E-state index < -0.39 is 10.9 Å². The fourth-order valence-corrected chi connectivity index (χ4v) is 2.68. The van der Waals surface area contributed by atoms with Crippen molar-refractivity contribution >= 4 is 34.0 Å². The average molecular weight is 412 g/mol. The highest BCUT2D eigenvalue weighted by molar-refractivity contribution is 7.68. The number of rotatable bonds is 8. The largest absolute Gasteiger partial charge is 0.454 e. The Morgan fingerprint density at radius 1 is 1.10 bits per heavy atom. The van der Waals surface area contributed by atoms with Crippen molar-refractivity contribution in [2.24, 2.45) is 4.36 Å². The average Bonchev–Trinajstić information content (AvgIpc) is 2.73. The van der Waals surface area contributed by atoms with Gasteiger partial charge in [-0.15, -0.1) is 0 Å². The van der Waals surface area contributed by atoms with Gasteiger partial charge in [-0.3, -0.25) is 15.8 Å². The molecule has 0 bridgehead atoms. The summed E-state index contributed by atoms with van der Waals surface area (Å²) in [5.41, 5.74) is 8.68. The zero-order valence-electron chi connectivity index (χ0n) is 16.0. The third-order valence-electron chi connectivity index (χ3n) is 4.03. The van der Waals surface area contributed by atoms with Crippen LogP contribution in [0, 0.1) is 0 Å². The summed E-state index contributed by atoms with van der Waals surface area (Å²) in [6.07, 6.45) is 2.66. The van der Waals surface area contributed by atoms with E-state index in [2.05, 4.69) is 49.3 Å². The Kier molecular flexibility index (Phi) is 6.93. The molecular weight excluding hydrogens is 390 g/mol. The second-order valence-corrected chi connectivity index (χ2v) is 6.89. The Morgan fingerprint density at radius 2 is 1.90 bits per heavy atom. The van der Waals surface area contributed by atoms with Gasteiger partial charge in [-0.25, -0.2) is 4.98 Å². The van der Waals surface area contributed by atoms with E-state index in [1.165, 1.54) is 0 Å². The van der Waals surface area contributed by atoms with E-state index in [0.29, 0.717) is 23.1 Å². The number of hydrogen-bond acceptors (Lipinski definition) is 9. The molecule has 0 radical (unpaired) electrons. The molecule has 152 valence electrons. The Hall–Kier alpha value is -3.24. The number of nitrogens with zero attached hydrogens (tertiary/aromatic N) is 4. The van der Waals surface area contributed by atoms with Gasteiger partial charge in [-0.1, -0.05) is 23.9 Å². The SMILES string of the molecule is CC[C@@H](C)Nc1nc(NNc2ccc(N=[S-](=O)O)cc2)cc(-c2ccccn2)n1. The maximum atomic E-state index is 10.7. The second kappa shape index (κ2) is 9.80. The highest BCUT2D eigenvalue weighted by Gasteiger charge is 2.09. The lowest BCUT2D eigenvalue weighted by Gasteiger charge is -2.15. The fraction of sp³-hybridized carbons (Fsp3) is 0.211. The van der Waals surface area contributed by atoms with Gasteiger partial charge in [0.25, 0.3) is 0 Å². The predicted octanol–water partition coefficient (Wildman–Crippen LogP) is 4.44. The van der Waals surface area contributed by atoms with E-state index in [1.54, 1.807) is 36.5 Å². The highest BCUT2D eigenvalue weighted by atomic mass is 32.2. The molecule has 0 aliphatic heterocycles. The number of pyridine rings is 1. The Bertz CT molecular complexity index is 1020. The van der Waals surface area contributed by atoms with Crippen molar-refractivity contribution in [2.75, 3.05) is 16.2 Å². The summed E-state index contributed by atoms with van der Waals surface area (Å²) in [7, 11) is -2.23. The summed E-state index contributed by atoms with van der Waals surface area (Å²) >= 11 is 0. The quantitative estimate of drug-likeness (QED) is 0.243. The first-order valence-electron chi connectivity index (χ1n) is 9.05. The van der Waals surface area contributed by atoms with Crippen LogP contribution in [0.15, 0.2) is 59.1 Å². The van der Waals surface area contributed by atoms with Gasteiger partial charge in [0.1, 0.15) is 0 Å². The van der Waals surface area contributed by atoms with E-state index in [0.717, 1.165) is 17.8 Å². The van der Waals surface area contributed by atoms with Crippen LogP contribution < -0.4 is 16.2 Å². The summed E-state index contributed by atoms with van der Waals surface area (Å²) in [5.74, 6) is 1.07. The van der Waals surface area contributed by atoms with E-state index in [9.17, 15) is 4.21 Å². The van der Waals surface area contributed by atoms with E-state index in [1.807, 2.05) is 18.2 Å². The summed E-state index contributed by atoms with van der Waals surface area (Å²) in [6, 6.07) is 14.4.